The zero-order valence-electron chi connectivity index (χ0n) is 14.0. The van der Waals surface area contributed by atoms with Crippen molar-refractivity contribution < 1.29 is 23.9 Å². The van der Waals surface area contributed by atoms with Gasteiger partial charge in [-0.3, -0.25) is 10.1 Å². The summed E-state index contributed by atoms with van der Waals surface area (Å²) in [7, 11) is 2.68. The summed E-state index contributed by atoms with van der Waals surface area (Å²) >= 11 is 0. The average Bonchev–Trinajstić information content (AvgIpc) is 2.65. The summed E-state index contributed by atoms with van der Waals surface area (Å²) in [6.07, 6.45) is -0.820. The molecule has 2 atom stereocenters. The summed E-state index contributed by atoms with van der Waals surface area (Å²) in [5.41, 5.74) is 0.731. The molecule has 0 amide bonds. The Labute approximate surface area is 145 Å². The Hall–Kier alpha value is -3.09. The van der Waals surface area contributed by atoms with E-state index in [0.717, 1.165) is 12.7 Å². The normalized spacial score (nSPS) is 12.7. The Bertz CT molecular complexity index is 701. The predicted octanol–water partition coefficient (Wildman–Crippen LogP) is 3.02. The number of esters is 1. The molecule has 0 saturated heterocycles. The van der Waals surface area contributed by atoms with Crippen molar-refractivity contribution in [2.24, 2.45) is 0 Å². The summed E-state index contributed by atoms with van der Waals surface area (Å²) in [5.74, 6) is 0.284. The Kier molecular flexibility index (Phi) is 6.33. The molecular formula is C18H19NO6. The van der Waals surface area contributed by atoms with E-state index in [9.17, 15) is 14.9 Å². The maximum Gasteiger partial charge on any atom is 0.381 e. The first-order valence-electron chi connectivity index (χ1n) is 7.62. The molecule has 0 aliphatic heterocycles. The lowest BCUT2D eigenvalue weighted by Gasteiger charge is -2.20. The number of hydrogen-bond donors (Lipinski definition) is 0. The largest absolute Gasteiger partial charge is 0.497 e. The molecule has 25 heavy (non-hydrogen) atoms. The minimum absolute atomic E-state index is 0.143. The highest BCUT2D eigenvalue weighted by atomic mass is 16.6. The van der Waals surface area contributed by atoms with Crippen molar-refractivity contribution >= 4 is 5.97 Å². The van der Waals surface area contributed by atoms with E-state index < -0.39 is 23.0 Å². The van der Waals surface area contributed by atoms with E-state index in [4.69, 9.17) is 9.47 Å². The highest BCUT2D eigenvalue weighted by Gasteiger charge is 2.35. The van der Waals surface area contributed by atoms with Gasteiger partial charge in [-0.1, -0.05) is 30.3 Å². The van der Waals surface area contributed by atoms with Crippen LogP contribution in [0.4, 0.5) is 0 Å². The maximum absolute atomic E-state index is 11.7. The van der Waals surface area contributed by atoms with Gasteiger partial charge in [0.15, 0.2) is 0 Å². The van der Waals surface area contributed by atoms with Crippen LogP contribution in [0.1, 0.15) is 18.1 Å². The van der Waals surface area contributed by atoms with Crippen LogP contribution in [0.25, 0.3) is 0 Å². The Morgan fingerprint density at radius 3 is 2.16 bits per heavy atom. The monoisotopic (exact) mass is 345 g/mol. The first kappa shape index (κ1) is 18.3. The van der Waals surface area contributed by atoms with Gasteiger partial charge in [0.2, 0.25) is 0 Å². The lowest BCUT2D eigenvalue weighted by Crippen LogP contribution is -2.33. The van der Waals surface area contributed by atoms with Crippen molar-refractivity contribution in [1.29, 1.82) is 0 Å². The number of carbonyl (C=O) groups is 1. The number of nitrogens with zero attached hydrogens (tertiary/aromatic N) is 1. The second kappa shape index (κ2) is 8.68. The summed E-state index contributed by atoms with van der Waals surface area (Å²) in [4.78, 5) is 22.3. The van der Waals surface area contributed by atoms with Gasteiger partial charge >= 0.3 is 12.0 Å². The third-order valence-corrected chi connectivity index (χ3v) is 3.67. The summed E-state index contributed by atoms with van der Waals surface area (Å²) < 4.78 is 15.5. The molecule has 0 aliphatic rings. The smallest absolute Gasteiger partial charge is 0.381 e. The van der Waals surface area contributed by atoms with Crippen molar-refractivity contribution in [3.05, 3.63) is 70.3 Å². The van der Waals surface area contributed by atoms with Crippen LogP contribution in [0.5, 0.6) is 11.5 Å². The van der Waals surface area contributed by atoms with Crippen molar-refractivity contribution in [2.75, 3.05) is 14.2 Å². The number of hydrogen-bond acceptors (Lipinski definition) is 6. The standard InChI is InChI=1S/C18H19NO6/c1-23-14-8-10-15(11-9-14)25-17(13-6-4-3-5-7-13)12-16(19(21)22)18(20)24-2/h3-11,16-17H,12H2,1-2H3. The molecule has 0 fully saturated rings. The minimum atomic E-state index is -1.51. The second-order valence-electron chi connectivity index (χ2n) is 5.25. The van der Waals surface area contributed by atoms with E-state index in [0.29, 0.717) is 11.5 Å². The summed E-state index contributed by atoms with van der Waals surface area (Å²) in [6.45, 7) is 0. The molecule has 0 saturated carbocycles. The average molecular weight is 345 g/mol. The number of ether oxygens (including phenoxy) is 3. The molecule has 132 valence electrons. The van der Waals surface area contributed by atoms with Crippen LogP contribution >= 0.6 is 0 Å². The number of rotatable bonds is 8. The van der Waals surface area contributed by atoms with E-state index >= 15 is 0 Å². The molecule has 0 N–H and O–H groups in total. The molecule has 0 spiro atoms. The van der Waals surface area contributed by atoms with Gasteiger partial charge in [0.25, 0.3) is 0 Å². The fourth-order valence-electron chi connectivity index (χ4n) is 2.35. The molecule has 2 aromatic carbocycles. The van der Waals surface area contributed by atoms with E-state index in [1.807, 2.05) is 6.07 Å². The summed E-state index contributed by atoms with van der Waals surface area (Å²) in [5, 5.41) is 11.2. The highest BCUT2D eigenvalue weighted by molar-refractivity contribution is 5.74. The first-order chi connectivity index (χ1) is 12.0. The highest BCUT2D eigenvalue weighted by Crippen LogP contribution is 2.28. The zero-order chi connectivity index (χ0) is 18.2. The summed E-state index contributed by atoms with van der Waals surface area (Å²) in [6, 6.07) is 14.4. The maximum atomic E-state index is 11.7. The first-order valence-corrected chi connectivity index (χ1v) is 7.62. The second-order valence-corrected chi connectivity index (χ2v) is 5.25. The Balaban J connectivity index is 2.26. The third kappa shape index (κ3) is 4.94. The molecule has 0 heterocycles. The lowest BCUT2D eigenvalue weighted by atomic mass is 10.0. The molecule has 0 radical (unpaired) electrons. The van der Waals surface area contributed by atoms with Gasteiger partial charge in [0, 0.05) is 4.92 Å². The van der Waals surface area contributed by atoms with Gasteiger partial charge in [-0.2, -0.15) is 0 Å². The Morgan fingerprint density at radius 1 is 1.04 bits per heavy atom. The van der Waals surface area contributed by atoms with E-state index in [1.165, 1.54) is 0 Å². The molecule has 0 bridgehead atoms. The topological polar surface area (TPSA) is 87.9 Å². The third-order valence-electron chi connectivity index (χ3n) is 3.67. The Morgan fingerprint density at radius 2 is 1.64 bits per heavy atom. The van der Waals surface area contributed by atoms with E-state index in [1.54, 1.807) is 55.6 Å². The number of carbonyl (C=O) groups excluding carboxylic acids is 1. The van der Waals surface area contributed by atoms with Crippen LogP contribution in [0.2, 0.25) is 0 Å². The van der Waals surface area contributed by atoms with Crippen molar-refractivity contribution in [3.8, 4) is 11.5 Å². The quantitative estimate of drug-likeness (QED) is 0.415. The van der Waals surface area contributed by atoms with Crippen molar-refractivity contribution in [3.63, 3.8) is 0 Å². The van der Waals surface area contributed by atoms with E-state index in [2.05, 4.69) is 4.74 Å². The van der Waals surface area contributed by atoms with Crippen LogP contribution in [-0.2, 0) is 9.53 Å². The van der Waals surface area contributed by atoms with E-state index in [-0.39, 0.29) is 6.42 Å². The number of nitro groups is 1. The molecule has 7 heteroatoms. The van der Waals surface area contributed by atoms with Crippen LogP contribution in [0.15, 0.2) is 54.6 Å². The molecule has 2 unspecified atom stereocenters. The van der Waals surface area contributed by atoms with Crippen molar-refractivity contribution in [1.82, 2.24) is 0 Å². The minimum Gasteiger partial charge on any atom is -0.497 e. The molecule has 2 rings (SSSR count). The van der Waals surface area contributed by atoms with Gasteiger partial charge in [0.05, 0.1) is 20.6 Å². The number of benzene rings is 2. The molecule has 0 aliphatic carbocycles. The fourth-order valence-corrected chi connectivity index (χ4v) is 2.35. The molecular weight excluding hydrogens is 326 g/mol. The van der Waals surface area contributed by atoms with Crippen LogP contribution in [0, 0.1) is 10.1 Å². The lowest BCUT2D eigenvalue weighted by molar-refractivity contribution is -0.512. The molecule has 0 aromatic heterocycles. The van der Waals surface area contributed by atoms with Gasteiger partial charge in [-0.05, 0) is 29.8 Å². The van der Waals surface area contributed by atoms with Gasteiger partial charge in [-0.15, -0.1) is 0 Å². The van der Waals surface area contributed by atoms with Crippen LogP contribution in [-0.4, -0.2) is 31.2 Å². The van der Waals surface area contributed by atoms with Gasteiger partial charge in [0.1, 0.15) is 17.6 Å². The number of methoxy groups -OCH3 is 2. The SMILES string of the molecule is COC(=O)C(CC(Oc1ccc(OC)cc1)c1ccccc1)[N+](=O)[O-]. The zero-order valence-corrected chi connectivity index (χ0v) is 14.0. The van der Waals surface area contributed by atoms with Crippen LogP contribution < -0.4 is 9.47 Å². The molecule has 2 aromatic rings. The van der Waals surface area contributed by atoms with Gasteiger partial charge in [-0.25, -0.2) is 4.79 Å². The predicted molar refractivity (Wildman–Crippen MR) is 90.2 cm³/mol. The van der Waals surface area contributed by atoms with Gasteiger partial charge < -0.3 is 14.2 Å². The van der Waals surface area contributed by atoms with Crippen molar-refractivity contribution in [2.45, 2.75) is 18.6 Å². The van der Waals surface area contributed by atoms with Crippen LogP contribution in [0.3, 0.4) is 0 Å². The molecule has 7 nitrogen and oxygen atoms in total. The fraction of sp³-hybridized carbons (Fsp3) is 0.278.